The first-order chi connectivity index (χ1) is 11.8. The number of aliphatic hydroxyl groups excluding tert-OH is 1. The van der Waals surface area contributed by atoms with E-state index < -0.39 is 0 Å². The molecule has 1 aliphatic rings. The summed E-state index contributed by atoms with van der Waals surface area (Å²) in [7, 11) is 0. The molecule has 0 spiro atoms. The van der Waals surface area contributed by atoms with E-state index in [0.29, 0.717) is 17.4 Å². The molecule has 1 fully saturated rings. The topological polar surface area (TPSA) is 91.1 Å². The normalized spacial score (nSPS) is 18.2. The molecule has 1 saturated heterocycles. The minimum absolute atomic E-state index is 0.224. The van der Waals surface area contributed by atoms with Gasteiger partial charge in [-0.1, -0.05) is 30.3 Å². The molecule has 1 aromatic carbocycles. The largest absolute Gasteiger partial charge is 0.396 e. The Morgan fingerprint density at radius 2 is 2.12 bits per heavy atom. The van der Waals surface area contributed by atoms with E-state index >= 15 is 0 Å². The molecule has 0 saturated carbocycles. The number of benzene rings is 1. The molecule has 6 nitrogen and oxygen atoms in total. The molecule has 0 bridgehead atoms. The Balaban J connectivity index is 1.83. The lowest BCUT2D eigenvalue weighted by atomic mass is 9.98. The number of aromatic amines is 1. The minimum atomic E-state index is 0.224. The fourth-order valence-electron chi connectivity index (χ4n) is 3.47. The van der Waals surface area contributed by atoms with E-state index in [4.69, 9.17) is 10.7 Å². The summed E-state index contributed by atoms with van der Waals surface area (Å²) in [5.41, 5.74) is 8.89. The maximum Gasteiger partial charge on any atom is 0.160 e. The highest BCUT2D eigenvalue weighted by Gasteiger charge is 2.22. The zero-order valence-electron chi connectivity index (χ0n) is 13.4. The van der Waals surface area contributed by atoms with Crippen LogP contribution in [0.25, 0.3) is 22.2 Å². The third kappa shape index (κ3) is 2.59. The van der Waals surface area contributed by atoms with Crippen LogP contribution in [-0.2, 0) is 0 Å². The van der Waals surface area contributed by atoms with Crippen molar-refractivity contribution in [3.05, 3.63) is 36.4 Å². The average molecular weight is 323 g/mol. The van der Waals surface area contributed by atoms with E-state index in [1.165, 1.54) is 0 Å². The Kier molecular flexibility index (Phi) is 3.82. The molecular formula is C18H21N5O. The van der Waals surface area contributed by atoms with Crippen molar-refractivity contribution in [3.8, 4) is 11.1 Å². The van der Waals surface area contributed by atoms with Crippen molar-refractivity contribution in [2.75, 3.05) is 30.3 Å². The molecule has 1 atom stereocenters. The average Bonchev–Trinajstić information content (AvgIpc) is 3.03. The summed E-state index contributed by atoms with van der Waals surface area (Å²) in [6.45, 7) is 2.00. The molecule has 2 aromatic heterocycles. The van der Waals surface area contributed by atoms with Crippen LogP contribution in [0.2, 0.25) is 0 Å². The summed E-state index contributed by atoms with van der Waals surface area (Å²) >= 11 is 0. The predicted molar refractivity (Wildman–Crippen MR) is 95.8 cm³/mol. The number of aliphatic hydroxyl groups is 1. The first-order valence-electron chi connectivity index (χ1n) is 8.32. The number of piperidine rings is 1. The van der Waals surface area contributed by atoms with Gasteiger partial charge < -0.3 is 15.7 Å². The molecule has 24 heavy (non-hydrogen) atoms. The quantitative estimate of drug-likeness (QED) is 0.688. The SMILES string of the molecule is Nc1n[nH]c2nc(N3CCCC(CO)C3)cc(-c3ccccc3)c12. The Morgan fingerprint density at radius 1 is 1.29 bits per heavy atom. The molecule has 0 amide bonds. The summed E-state index contributed by atoms with van der Waals surface area (Å²) in [5, 5.41) is 17.4. The highest BCUT2D eigenvalue weighted by Crippen LogP contribution is 2.34. The van der Waals surface area contributed by atoms with Crippen LogP contribution in [0.4, 0.5) is 11.6 Å². The number of nitrogens with zero attached hydrogens (tertiary/aromatic N) is 3. The summed E-state index contributed by atoms with van der Waals surface area (Å²) in [5.74, 6) is 1.68. The van der Waals surface area contributed by atoms with Crippen LogP contribution in [0.15, 0.2) is 36.4 Å². The molecule has 1 unspecified atom stereocenters. The Labute approximate surface area is 140 Å². The van der Waals surface area contributed by atoms with Gasteiger partial charge in [0.25, 0.3) is 0 Å². The lowest BCUT2D eigenvalue weighted by Gasteiger charge is -2.33. The van der Waals surface area contributed by atoms with E-state index in [2.05, 4.69) is 33.3 Å². The molecule has 3 heterocycles. The number of nitrogens with one attached hydrogen (secondary N) is 1. The fourth-order valence-corrected chi connectivity index (χ4v) is 3.47. The van der Waals surface area contributed by atoms with Crippen molar-refractivity contribution < 1.29 is 5.11 Å². The fraction of sp³-hybridized carbons (Fsp3) is 0.333. The molecule has 0 aliphatic carbocycles. The van der Waals surface area contributed by atoms with Crippen LogP contribution in [-0.4, -0.2) is 40.0 Å². The van der Waals surface area contributed by atoms with E-state index in [-0.39, 0.29) is 6.61 Å². The lowest BCUT2D eigenvalue weighted by Crippen LogP contribution is -2.37. The lowest BCUT2D eigenvalue weighted by molar-refractivity contribution is 0.208. The van der Waals surface area contributed by atoms with Gasteiger partial charge in [-0.15, -0.1) is 0 Å². The number of hydrogen-bond donors (Lipinski definition) is 3. The summed E-state index contributed by atoms with van der Waals surface area (Å²) < 4.78 is 0. The maximum absolute atomic E-state index is 9.48. The summed E-state index contributed by atoms with van der Waals surface area (Å²) in [4.78, 5) is 6.96. The van der Waals surface area contributed by atoms with Crippen molar-refractivity contribution in [2.45, 2.75) is 12.8 Å². The highest BCUT2D eigenvalue weighted by atomic mass is 16.3. The summed E-state index contributed by atoms with van der Waals surface area (Å²) in [6.07, 6.45) is 2.13. The van der Waals surface area contributed by atoms with Crippen molar-refractivity contribution >= 4 is 22.7 Å². The highest BCUT2D eigenvalue weighted by molar-refractivity contribution is 6.01. The van der Waals surface area contributed by atoms with E-state index in [1.54, 1.807) is 0 Å². The molecule has 3 aromatic rings. The smallest absolute Gasteiger partial charge is 0.160 e. The van der Waals surface area contributed by atoms with Crippen LogP contribution in [0.5, 0.6) is 0 Å². The van der Waals surface area contributed by atoms with Gasteiger partial charge in [0.15, 0.2) is 11.5 Å². The number of anilines is 2. The third-order valence-electron chi connectivity index (χ3n) is 4.73. The van der Waals surface area contributed by atoms with E-state index in [0.717, 1.165) is 48.3 Å². The molecule has 4 rings (SSSR count). The van der Waals surface area contributed by atoms with Gasteiger partial charge in [0.05, 0.1) is 5.39 Å². The standard InChI is InChI=1S/C18H21N5O/c19-17-16-14(13-6-2-1-3-7-13)9-15(20-18(16)22-21-17)23-8-4-5-12(10-23)11-24/h1-3,6-7,9,12,24H,4-5,8,10-11H2,(H3,19,20,21,22). The second kappa shape index (κ2) is 6.13. The monoisotopic (exact) mass is 323 g/mol. The van der Waals surface area contributed by atoms with Crippen LogP contribution >= 0.6 is 0 Å². The minimum Gasteiger partial charge on any atom is -0.396 e. The maximum atomic E-state index is 9.48. The number of aromatic nitrogens is 3. The molecular weight excluding hydrogens is 302 g/mol. The second-order valence-electron chi connectivity index (χ2n) is 6.36. The van der Waals surface area contributed by atoms with Gasteiger partial charge in [0.1, 0.15) is 5.82 Å². The number of nitrogen functional groups attached to an aromatic ring is 1. The van der Waals surface area contributed by atoms with Gasteiger partial charge in [0.2, 0.25) is 0 Å². The number of hydrogen-bond acceptors (Lipinski definition) is 5. The van der Waals surface area contributed by atoms with Crippen molar-refractivity contribution in [1.82, 2.24) is 15.2 Å². The molecule has 124 valence electrons. The van der Waals surface area contributed by atoms with Crippen LogP contribution < -0.4 is 10.6 Å². The van der Waals surface area contributed by atoms with E-state index in [9.17, 15) is 5.11 Å². The molecule has 1 aliphatic heterocycles. The molecule has 6 heteroatoms. The number of fused-ring (bicyclic) bond motifs is 1. The number of H-pyrrole nitrogens is 1. The second-order valence-corrected chi connectivity index (χ2v) is 6.36. The van der Waals surface area contributed by atoms with Crippen LogP contribution in [0.1, 0.15) is 12.8 Å². The number of nitrogens with two attached hydrogens (primary N) is 1. The number of rotatable bonds is 3. The van der Waals surface area contributed by atoms with Crippen LogP contribution in [0.3, 0.4) is 0 Å². The zero-order valence-corrected chi connectivity index (χ0v) is 13.4. The molecule has 0 radical (unpaired) electrons. The van der Waals surface area contributed by atoms with Gasteiger partial charge in [0, 0.05) is 25.3 Å². The van der Waals surface area contributed by atoms with Gasteiger partial charge in [-0.05, 0) is 30.4 Å². The Bertz CT molecular complexity index is 845. The van der Waals surface area contributed by atoms with Gasteiger partial charge >= 0.3 is 0 Å². The molecule has 4 N–H and O–H groups in total. The zero-order chi connectivity index (χ0) is 16.5. The van der Waals surface area contributed by atoms with Crippen LogP contribution in [0, 0.1) is 5.92 Å². The third-order valence-corrected chi connectivity index (χ3v) is 4.73. The van der Waals surface area contributed by atoms with Gasteiger partial charge in [-0.2, -0.15) is 5.10 Å². The Morgan fingerprint density at radius 3 is 2.92 bits per heavy atom. The van der Waals surface area contributed by atoms with Crippen molar-refractivity contribution in [3.63, 3.8) is 0 Å². The first-order valence-corrected chi connectivity index (χ1v) is 8.32. The van der Waals surface area contributed by atoms with Gasteiger partial charge in [-0.25, -0.2) is 4.98 Å². The Hall–Kier alpha value is -2.60. The predicted octanol–water partition coefficient (Wildman–Crippen LogP) is 2.42. The van der Waals surface area contributed by atoms with Gasteiger partial charge in [-0.3, -0.25) is 5.10 Å². The summed E-state index contributed by atoms with van der Waals surface area (Å²) in [6, 6.07) is 12.2. The van der Waals surface area contributed by atoms with Crippen molar-refractivity contribution in [1.29, 1.82) is 0 Å². The van der Waals surface area contributed by atoms with E-state index in [1.807, 2.05) is 18.2 Å². The first kappa shape index (κ1) is 15.0. The number of pyridine rings is 1. The van der Waals surface area contributed by atoms with Crippen molar-refractivity contribution in [2.24, 2.45) is 5.92 Å².